The first kappa shape index (κ1) is 9.69. The Kier molecular flexibility index (Phi) is 4.36. The Morgan fingerprint density at radius 1 is 1.60 bits per heavy atom. The summed E-state index contributed by atoms with van der Waals surface area (Å²) in [4.78, 5) is 0. The summed E-state index contributed by atoms with van der Waals surface area (Å²) in [6.07, 6.45) is 0. The Bertz CT molecular complexity index is 163. The average molecular weight is 162 g/mol. The largest absolute Gasteiger partial charge is 0.317 e. The normalized spacial score (nSPS) is 12.8. The lowest BCUT2D eigenvalue weighted by atomic mass is 10.1. The number of hydrogen-bond donors (Lipinski definition) is 2. The van der Waals surface area contributed by atoms with Crippen LogP contribution in [0.15, 0.2) is 22.8 Å². The van der Waals surface area contributed by atoms with Gasteiger partial charge >= 0.3 is 0 Å². The van der Waals surface area contributed by atoms with Crippen molar-refractivity contribution in [3.05, 3.63) is 22.8 Å². The zero-order chi connectivity index (χ0) is 8.15. The van der Waals surface area contributed by atoms with Crippen molar-refractivity contribution in [3.8, 4) is 0 Å². The molecule has 0 saturated heterocycles. The molecule has 0 aliphatic rings. The lowest BCUT2D eigenvalue weighted by molar-refractivity contribution is 0.177. The second-order valence-corrected chi connectivity index (χ2v) is 2.60. The highest BCUT2D eigenvalue weighted by atomic mass is 35.5. The first-order valence-corrected chi connectivity index (χ1v) is 3.35. The average Bonchev–Trinajstić information content (AvgIpc) is 1.87. The van der Waals surface area contributed by atoms with Gasteiger partial charge in [-0.3, -0.25) is 0 Å². The number of allylic oxidation sites excluding steroid dienone is 2. The maximum absolute atomic E-state index is 8.31. The second kappa shape index (κ2) is 4.50. The highest BCUT2D eigenvalue weighted by Crippen LogP contribution is 2.14. The minimum Gasteiger partial charge on any atom is -0.317 e. The van der Waals surface area contributed by atoms with Crippen molar-refractivity contribution in [1.29, 1.82) is 0 Å². The highest BCUT2D eigenvalue weighted by Gasteiger charge is 1.97. The smallest absolute Gasteiger partial charge is 0.0421 e. The summed E-state index contributed by atoms with van der Waals surface area (Å²) >= 11 is 5.60. The summed E-state index contributed by atoms with van der Waals surface area (Å²) in [7, 11) is 0. The van der Waals surface area contributed by atoms with Crippen LogP contribution in [-0.2, 0) is 0 Å². The molecule has 0 aliphatic heterocycles. The molecule has 0 rings (SSSR count). The van der Waals surface area contributed by atoms with Crippen LogP contribution in [0.4, 0.5) is 0 Å². The zero-order valence-electron chi connectivity index (χ0n) is 6.24. The van der Waals surface area contributed by atoms with Crippen molar-refractivity contribution < 1.29 is 5.21 Å². The standard InChI is InChI=1S/C7H12ClNO/c1-5(4-9-10)6(2)7(3)8/h9-10H,3-4H2,1-2H3/b6-5-. The Morgan fingerprint density at radius 3 is 2.40 bits per heavy atom. The van der Waals surface area contributed by atoms with Gasteiger partial charge in [0.1, 0.15) is 0 Å². The Labute approximate surface area is 66.2 Å². The van der Waals surface area contributed by atoms with E-state index < -0.39 is 0 Å². The monoisotopic (exact) mass is 161 g/mol. The van der Waals surface area contributed by atoms with Crippen LogP contribution in [0.5, 0.6) is 0 Å². The van der Waals surface area contributed by atoms with Crippen molar-refractivity contribution >= 4 is 11.6 Å². The first-order valence-electron chi connectivity index (χ1n) is 2.97. The number of rotatable bonds is 3. The van der Waals surface area contributed by atoms with E-state index in [1.165, 1.54) is 0 Å². The Hall–Kier alpha value is -0.310. The number of hydroxylamine groups is 1. The maximum atomic E-state index is 8.31. The molecule has 3 heteroatoms. The Balaban J connectivity index is 4.19. The molecule has 0 fully saturated rings. The third kappa shape index (κ3) is 3.01. The fourth-order valence-corrected chi connectivity index (χ4v) is 0.644. The number of hydrogen-bond acceptors (Lipinski definition) is 2. The molecule has 0 saturated carbocycles. The summed E-state index contributed by atoms with van der Waals surface area (Å²) in [6.45, 7) is 7.73. The van der Waals surface area contributed by atoms with Gasteiger partial charge in [-0.1, -0.05) is 23.8 Å². The fourth-order valence-electron chi connectivity index (χ4n) is 0.483. The summed E-state index contributed by atoms with van der Waals surface area (Å²) in [5.74, 6) is 0. The molecule has 2 nitrogen and oxygen atoms in total. The Morgan fingerprint density at radius 2 is 2.10 bits per heavy atom. The van der Waals surface area contributed by atoms with Crippen LogP contribution in [-0.4, -0.2) is 11.8 Å². The van der Waals surface area contributed by atoms with Gasteiger partial charge in [0.15, 0.2) is 0 Å². The van der Waals surface area contributed by atoms with Crippen molar-refractivity contribution in [1.82, 2.24) is 5.48 Å². The van der Waals surface area contributed by atoms with E-state index >= 15 is 0 Å². The molecule has 0 unspecified atom stereocenters. The van der Waals surface area contributed by atoms with Gasteiger partial charge < -0.3 is 5.21 Å². The van der Waals surface area contributed by atoms with Crippen LogP contribution >= 0.6 is 11.6 Å². The lowest BCUT2D eigenvalue weighted by Crippen LogP contribution is -2.10. The molecule has 0 heterocycles. The predicted molar refractivity (Wildman–Crippen MR) is 43.2 cm³/mol. The van der Waals surface area contributed by atoms with Crippen LogP contribution in [0, 0.1) is 0 Å². The maximum Gasteiger partial charge on any atom is 0.0421 e. The molecule has 0 aromatic rings. The molecular formula is C7H12ClNO. The molecule has 0 aliphatic carbocycles. The van der Waals surface area contributed by atoms with Gasteiger partial charge in [0.05, 0.1) is 0 Å². The van der Waals surface area contributed by atoms with Gasteiger partial charge in [0, 0.05) is 11.6 Å². The summed E-state index contributed by atoms with van der Waals surface area (Å²) in [5.41, 5.74) is 3.95. The van der Waals surface area contributed by atoms with Gasteiger partial charge in [-0.05, 0) is 19.4 Å². The third-order valence-corrected chi connectivity index (χ3v) is 1.67. The van der Waals surface area contributed by atoms with Gasteiger partial charge in [0.2, 0.25) is 0 Å². The van der Waals surface area contributed by atoms with E-state index in [0.29, 0.717) is 11.6 Å². The van der Waals surface area contributed by atoms with Crippen molar-refractivity contribution in [3.63, 3.8) is 0 Å². The molecule has 2 N–H and O–H groups in total. The predicted octanol–water partition coefficient (Wildman–Crippen LogP) is 2.05. The molecular weight excluding hydrogens is 150 g/mol. The van der Waals surface area contributed by atoms with E-state index in [1.54, 1.807) is 0 Å². The zero-order valence-corrected chi connectivity index (χ0v) is 7.00. The van der Waals surface area contributed by atoms with E-state index in [2.05, 4.69) is 6.58 Å². The quantitative estimate of drug-likeness (QED) is 0.491. The lowest BCUT2D eigenvalue weighted by Gasteiger charge is -2.03. The molecule has 0 bridgehead atoms. The van der Waals surface area contributed by atoms with Crippen LogP contribution in [0.3, 0.4) is 0 Å². The van der Waals surface area contributed by atoms with Gasteiger partial charge in [-0.25, -0.2) is 5.48 Å². The molecule has 0 aromatic heterocycles. The molecule has 10 heavy (non-hydrogen) atoms. The molecule has 0 radical (unpaired) electrons. The van der Waals surface area contributed by atoms with Crippen LogP contribution in [0.2, 0.25) is 0 Å². The molecule has 0 amide bonds. The molecule has 0 aromatic carbocycles. The van der Waals surface area contributed by atoms with E-state index in [-0.39, 0.29) is 0 Å². The minimum atomic E-state index is 0.428. The number of halogens is 1. The van der Waals surface area contributed by atoms with E-state index in [4.69, 9.17) is 16.8 Å². The van der Waals surface area contributed by atoms with Crippen molar-refractivity contribution in [2.75, 3.05) is 6.54 Å². The van der Waals surface area contributed by atoms with E-state index in [1.807, 2.05) is 19.3 Å². The molecule has 0 spiro atoms. The van der Waals surface area contributed by atoms with E-state index in [9.17, 15) is 0 Å². The molecule has 58 valence electrons. The highest BCUT2D eigenvalue weighted by molar-refractivity contribution is 6.31. The summed E-state index contributed by atoms with van der Waals surface area (Å²) in [5, 5.41) is 8.83. The topological polar surface area (TPSA) is 32.3 Å². The van der Waals surface area contributed by atoms with Crippen molar-refractivity contribution in [2.45, 2.75) is 13.8 Å². The van der Waals surface area contributed by atoms with Gasteiger partial charge in [0.25, 0.3) is 0 Å². The van der Waals surface area contributed by atoms with Gasteiger partial charge in [-0.2, -0.15) is 0 Å². The third-order valence-electron chi connectivity index (χ3n) is 1.39. The summed E-state index contributed by atoms with van der Waals surface area (Å²) in [6, 6.07) is 0. The van der Waals surface area contributed by atoms with Crippen LogP contribution in [0.1, 0.15) is 13.8 Å². The van der Waals surface area contributed by atoms with Crippen LogP contribution in [0.25, 0.3) is 0 Å². The van der Waals surface area contributed by atoms with E-state index in [0.717, 1.165) is 11.1 Å². The first-order chi connectivity index (χ1) is 4.59. The molecule has 0 atom stereocenters. The fraction of sp³-hybridized carbons (Fsp3) is 0.429. The van der Waals surface area contributed by atoms with Gasteiger partial charge in [-0.15, -0.1) is 0 Å². The SMILES string of the molecule is C=C(Cl)/C(C)=C(/C)CNO. The number of nitrogens with one attached hydrogen (secondary N) is 1. The second-order valence-electron chi connectivity index (χ2n) is 2.15. The minimum absolute atomic E-state index is 0.428. The van der Waals surface area contributed by atoms with Crippen LogP contribution < -0.4 is 5.48 Å². The van der Waals surface area contributed by atoms with Crippen molar-refractivity contribution in [2.24, 2.45) is 0 Å². The summed E-state index contributed by atoms with van der Waals surface area (Å²) < 4.78 is 0.